The average molecular weight is 631 g/mol. The van der Waals surface area contributed by atoms with Crippen molar-refractivity contribution in [2.75, 3.05) is 44.0 Å². The van der Waals surface area contributed by atoms with Gasteiger partial charge in [0.1, 0.15) is 5.75 Å². The molecule has 0 saturated heterocycles. The first-order chi connectivity index (χ1) is 22.2. The molecule has 4 rings (SSSR count). The molecule has 0 fully saturated rings. The van der Waals surface area contributed by atoms with Crippen LogP contribution in [-0.2, 0) is 4.74 Å². The molecule has 3 aromatic carbocycles. The van der Waals surface area contributed by atoms with E-state index in [2.05, 4.69) is 10.6 Å². The van der Waals surface area contributed by atoms with Crippen LogP contribution in [0.3, 0.4) is 0 Å². The molecule has 0 spiro atoms. The summed E-state index contributed by atoms with van der Waals surface area (Å²) in [6.07, 6.45) is 1.86. The molecule has 3 N–H and O–H groups in total. The second-order valence-electron chi connectivity index (χ2n) is 12.0. The Kier molecular flexibility index (Phi) is 12.6. The second-order valence-corrected chi connectivity index (χ2v) is 12.0. The van der Waals surface area contributed by atoms with Crippen LogP contribution in [0.4, 0.5) is 16.2 Å². The van der Waals surface area contributed by atoms with E-state index in [1.807, 2.05) is 50.2 Å². The Balaban J connectivity index is 1.60. The van der Waals surface area contributed by atoms with Crippen molar-refractivity contribution in [2.24, 2.45) is 5.92 Å². The molecule has 0 unspecified atom stereocenters. The molecular weight excluding hydrogens is 584 g/mol. The lowest BCUT2D eigenvalue weighted by molar-refractivity contribution is -0.0115. The van der Waals surface area contributed by atoms with Gasteiger partial charge in [-0.15, -0.1) is 0 Å². The molecule has 46 heavy (non-hydrogen) atoms. The molecule has 3 aromatic rings. The van der Waals surface area contributed by atoms with E-state index in [1.165, 1.54) is 0 Å². The van der Waals surface area contributed by atoms with Crippen LogP contribution in [0, 0.1) is 5.92 Å². The molecule has 246 valence electrons. The minimum absolute atomic E-state index is 0.175. The number of para-hydroxylation sites is 1. The number of rotatable bonds is 7. The highest BCUT2D eigenvalue weighted by molar-refractivity contribution is 6.05. The van der Waals surface area contributed by atoms with Crippen LogP contribution in [-0.4, -0.2) is 84.4 Å². The maximum atomic E-state index is 14.3. The highest BCUT2D eigenvalue weighted by Gasteiger charge is 2.31. The number of amides is 4. The monoisotopic (exact) mass is 630 g/mol. The van der Waals surface area contributed by atoms with Crippen LogP contribution in [0.25, 0.3) is 0 Å². The van der Waals surface area contributed by atoms with Crippen molar-refractivity contribution in [1.82, 2.24) is 9.80 Å². The fraction of sp³-hybridized carbons (Fsp3) is 0.417. The van der Waals surface area contributed by atoms with E-state index in [-0.39, 0.29) is 49.1 Å². The van der Waals surface area contributed by atoms with Crippen LogP contribution >= 0.6 is 0 Å². The summed E-state index contributed by atoms with van der Waals surface area (Å²) >= 11 is 0. The first-order valence-electron chi connectivity index (χ1n) is 15.9. The number of aliphatic hydroxyl groups excluding tert-OH is 1. The van der Waals surface area contributed by atoms with Gasteiger partial charge in [-0.2, -0.15) is 0 Å². The molecule has 0 radical (unpaired) electrons. The first-order valence-corrected chi connectivity index (χ1v) is 15.9. The van der Waals surface area contributed by atoms with Gasteiger partial charge in [0.15, 0.2) is 0 Å². The molecule has 10 heteroatoms. The molecule has 4 amide bonds. The molecule has 0 aromatic heterocycles. The zero-order chi connectivity index (χ0) is 33.1. The van der Waals surface area contributed by atoms with Crippen molar-refractivity contribution in [3.05, 3.63) is 90.0 Å². The Hall–Kier alpha value is -4.41. The maximum Gasteiger partial charge on any atom is 0.321 e. The summed E-state index contributed by atoms with van der Waals surface area (Å²) in [5.41, 5.74) is 1.94. The Morgan fingerprint density at radius 1 is 0.978 bits per heavy atom. The molecule has 0 bridgehead atoms. The van der Waals surface area contributed by atoms with Gasteiger partial charge in [-0.25, -0.2) is 4.79 Å². The second kappa shape index (κ2) is 16.8. The third kappa shape index (κ3) is 9.55. The van der Waals surface area contributed by atoms with Gasteiger partial charge in [-0.3, -0.25) is 9.59 Å². The lowest BCUT2D eigenvalue weighted by Crippen LogP contribution is -2.48. The molecule has 1 aliphatic rings. The van der Waals surface area contributed by atoms with Crippen molar-refractivity contribution in [1.29, 1.82) is 0 Å². The fourth-order valence-corrected chi connectivity index (χ4v) is 5.35. The molecule has 1 aliphatic heterocycles. The number of likely N-dealkylation sites (N-methyl/N-ethyl adjacent to an activating group) is 1. The van der Waals surface area contributed by atoms with E-state index >= 15 is 0 Å². The van der Waals surface area contributed by atoms with E-state index in [1.54, 1.807) is 66.2 Å². The lowest BCUT2D eigenvalue weighted by Gasteiger charge is -2.35. The molecular formula is C36H46N4O6. The third-order valence-corrected chi connectivity index (χ3v) is 8.17. The number of carbonyl (C=O) groups is 3. The largest absolute Gasteiger partial charge is 0.490 e. The fourth-order valence-electron chi connectivity index (χ4n) is 5.35. The smallest absolute Gasteiger partial charge is 0.321 e. The van der Waals surface area contributed by atoms with Crippen LogP contribution in [0.1, 0.15) is 60.7 Å². The number of hydrogen-bond acceptors (Lipinski definition) is 6. The summed E-state index contributed by atoms with van der Waals surface area (Å²) in [6, 6.07) is 22.4. The Labute approximate surface area is 271 Å². The number of nitrogens with zero attached hydrogens (tertiary/aromatic N) is 2. The highest BCUT2D eigenvalue weighted by atomic mass is 16.5. The minimum Gasteiger partial charge on any atom is -0.490 e. The van der Waals surface area contributed by atoms with Crippen molar-refractivity contribution in [3.8, 4) is 5.75 Å². The van der Waals surface area contributed by atoms with Crippen LogP contribution in [0.2, 0.25) is 0 Å². The lowest BCUT2D eigenvalue weighted by atomic mass is 10.0. The number of carbonyl (C=O) groups excluding carboxylic acids is 3. The standard InChI is InChI=1S/C36H46N4O6/c1-25-22-40(26(2)24-41)35(43)31-21-30(37-34(42)28-14-7-5-8-15-28)18-19-32(31)46-27(3)13-11-12-20-45-33(25)23-39(4)36(44)38-29-16-9-6-10-17-29/h5-10,14-19,21,25-27,33,41H,11-13,20,22-24H2,1-4H3,(H,37,42)(H,38,44)/t25-,26-,27+,33-/m0/s1. The van der Waals surface area contributed by atoms with Crippen LogP contribution < -0.4 is 15.4 Å². The van der Waals surface area contributed by atoms with Gasteiger partial charge in [0, 0.05) is 49.6 Å². The minimum atomic E-state index is -0.518. The van der Waals surface area contributed by atoms with Crippen LogP contribution in [0.5, 0.6) is 5.75 Å². The quantitative estimate of drug-likeness (QED) is 0.299. The summed E-state index contributed by atoms with van der Waals surface area (Å²) in [5.74, 6) is -0.410. The molecule has 0 aliphatic carbocycles. The van der Waals surface area contributed by atoms with Gasteiger partial charge in [0.05, 0.1) is 30.4 Å². The van der Waals surface area contributed by atoms with E-state index in [9.17, 15) is 19.5 Å². The van der Waals surface area contributed by atoms with Gasteiger partial charge < -0.3 is 35.0 Å². The van der Waals surface area contributed by atoms with Crippen LogP contribution in [0.15, 0.2) is 78.9 Å². The Morgan fingerprint density at radius 2 is 1.67 bits per heavy atom. The van der Waals surface area contributed by atoms with Crippen molar-refractivity contribution >= 4 is 29.2 Å². The summed E-state index contributed by atoms with van der Waals surface area (Å²) < 4.78 is 12.6. The first kappa shape index (κ1) is 34.5. The van der Waals surface area contributed by atoms with Crippen molar-refractivity contribution in [3.63, 3.8) is 0 Å². The normalized spacial score (nSPS) is 20.0. The van der Waals surface area contributed by atoms with Gasteiger partial charge in [0.2, 0.25) is 0 Å². The number of fused-ring (bicyclic) bond motifs is 1. The summed E-state index contributed by atoms with van der Waals surface area (Å²) in [4.78, 5) is 43.4. The number of ether oxygens (including phenoxy) is 2. The molecule has 4 atom stereocenters. The van der Waals surface area contributed by atoms with E-state index < -0.39 is 6.04 Å². The topological polar surface area (TPSA) is 120 Å². The Bertz CT molecular complexity index is 1440. The SMILES string of the molecule is C[C@@H]1CCCCO[C@@H](CN(C)C(=O)Nc2ccccc2)[C@@H](C)CN([C@@H](C)CO)C(=O)c2cc(NC(=O)c3ccccc3)ccc2O1. The number of aliphatic hydroxyl groups is 1. The number of nitrogens with one attached hydrogen (secondary N) is 2. The predicted octanol–water partition coefficient (Wildman–Crippen LogP) is 5.90. The van der Waals surface area contributed by atoms with E-state index in [0.717, 1.165) is 19.3 Å². The number of anilines is 2. The Morgan fingerprint density at radius 3 is 2.37 bits per heavy atom. The predicted molar refractivity (Wildman–Crippen MR) is 179 cm³/mol. The number of urea groups is 1. The van der Waals surface area contributed by atoms with E-state index in [4.69, 9.17) is 9.47 Å². The van der Waals surface area contributed by atoms with E-state index in [0.29, 0.717) is 41.4 Å². The summed E-state index contributed by atoms with van der Waals surface area (Å²) in [7, 11) is 1.72. The zero-order valence-corrected chi connectivity index (χ0v) is 27.1. The van der Waals surface area contributed by atoms with Crippen molar-refractivity contribution in [2.45, 2.75) is 58.3 Å². The summed E-state index contributed by atoms with van der Waals surface area (Å²) in [5, 5.41) is 16.0. The highest BCUT2D eigenvalue weighted by Crippen LogP contribution is 2.29. The maximum absolute atomic E-state index is 14.3. The molecule has 0 saturated carbocycles. The van der Waals surface area contributed by atoms with Gasteiger partial charge >= 0.3 is 6.03 Å². The molecule has 10 nitrogen and oxygen atoms in total. The number of benzene rings is 3. The number of hydrogen-bond donors (Lipinski definition) is 3. The van der Waals surface area contributed by atoms with Gasteiger partial charge in [0.25, 0.3) is 11.8 Å². The average Bonchev–Trinajstić information content (AvgIpc) is 3.06. The zero-order valence-electron chi connectivity index (χ0n) is 27.1. The van der Waals surface area contributed by atoms with Gasteiger partial charge in [-0.05, 0) is 75.6 Å². The molecule has 1 heterocycles. The summed E-state index contributed by atoms with van der Waals surface area (Å²) in [6.45, 7) is 6.55. The third-order valence-electron chi connectivity index (χ3n) is 8.17. The van der Waals surface area contributed by atoms with Gasteiger partial charge in [-0.1, -0.05) is 43.3 Å². The van der Waals surface area contributed by atoms with Crippen molar-refractivity contribution < 1.29 is 29.0 Å².